The summed E-state index contributed by atoms with van der Waals surface area (Å²) in [6.45, 7) is 0. The average Bonchev–Trinajstić information content (AvgIpc) is 2.81. The molecular weight excluding hydrogens is 238 g/mol. The van der Waals surface area contributed by atoms with Gasteiger partial charge in [0.15, 0.2) is 5.03 Å². The Morgan fingerprint density at radius 3 is 2.65 bits per heavy atom. The number of hydrogen-bond donors (Lipinski definition) is 1. The minimum atomic E-state index is -3.56. The Kier molecular flexibility index (Phi) is 3.35. The molecule has 1 fully saturated rings. The Labute approximate surface area is 102 Å². The summed E-state index contributed by atoms with van der Waals surface area (Å²) in [4.78, 5) is 3.89. The van der Waals surface area contributed by atoms with Gasteiger partial charge in [-0.3, -0.25) is 0 Å². The fourth-order valence-corrected chi connectivity index (χ4v) is 3.66. The molecule has 2 rings (SSSR count). The zero-order valence-electron chi connectivity index (χ0n) is 9.83. The maximum Gasteiger partial charge on any atom is 0.262 e. The molecule has 0 bridgehead atoms. The number of hydrogen-bond acceptors (Lipinski definition) is 4. The normalized spacial score (nSPS) is 17.8. The average molecular weight is 255 g/mol. The summed E-state index contributed by atoms with van der Waals surface area (Å²) in [7, 11) is -1.95. The first kappa shape index (κ1) is 12.3. The highest BCUT2D eigenvalue weighted by Crippen LogP contribution is 2.28. The predicted molar refractivity (Wildman–Crippen MR) is 65.9 cm³/mol. The Balaban J connectivity index is 2.33. The Morgan fingerprint density at radius 1 is 1.41 bits per heavy atom. The van der Waals surface area contributed by atoms with Crippen LogP contribution in [0.3, 0.4) is 0 Å². The van der Waals surface area contributed by atoms with Gasteiger partial charge >= 0.3 is 0 Å². The van der Waals surface area contributed by atoms with Crippen molar-refractivity contribution in [2.45, 2.75) is 36.8 Å². The molecule has 0 saturated heterocycles. The summed E-state index contributed by atoms with van der Waals surface area (Å²) in [5, 5.41) is -0.0330. The van der Waals surface area contributed by atoms with Crippen molar-refractivity contribution in [2.75, 3.05) is 12.8 Å². The predicted octanol–water partition coefficient (Wildman–Crippen LogP) is 1.23. The van der Waals surface area contributed by atoms with Crippen LogP contribution < -0.4 is 5.73 Å². The first-order valence-corrected chi connectivity index (χ1v) is 7.16. The van der Waals surface area contributed by atoms with E-state index in [0.717, 1.165) is 25.7 Å². The van der Waals surface area contributed by atoms with E-state index in [-0.39, 0.29) is 16.8 Å². The monoisotopic (exact) mass is 255 g/mol. The molecule has 1 aliphatic carbocycles. The molecule has 0 spiro atoms. The summed E-state index contributed by atoms with van der Waals surface area (Å²) < 4.78 is 26.1. The van der Waals surface area contributed by atoms with Crippen molar-refractivity contribution in [3.63, 3.8) is 0 Å². The zero-order valence-corrected chi connectivity index (χ0v) is 10.7. The van der Waals surface area contributed by atoms with Crippen LogP contribution in [0, 0.1) is 0 Å². The SMILES string of the molecule is CN(C1CCCC1)S(=O)(=O)c1ncccc1N. The molecule has 94 valence electrons. The van der Waals surface area contributed by atoms with Gasteiger partial charge in [-0.2, -0.15) is 4.31 Å². The van der Waals surface area contributed by atoms with Gasteiger partial charge < -0.3 is 5.73 Å². The molecule has 5 nitrogen and oxygen atoms in total. The number of sulfonamides is 1. The second kappa shape index (κ2) is 4.62. The van der Waals surface area contributed by atoms with Crippen LogP contribution in [0.2, 0.25) is 0 Å². The molecule has 0 radical (unpaired) electrons. The zero-order chi connectivity index (χ0) is 12.5. The van der Waals surface area contributed by atoms with E-state index in [1.807, 2.05) is 0 Å². The number of pyridine rings is 1. The van der Waals surface area contributed by atoms with Gasteiger partial charge in [-0.25, -0.2) is 13.4 Å². The van der Waals surface area contributed by atoms with Crippen LogP contribution in [0.1, 0.15) is 25.7 Å². The second-order valence-corrected chi connectivity index (χ2v) is 6.27. The molecule has 1 aromatic heterocycles. The molecule has 0 aliphatic heterocycles. The molecule has 1 aromatic rings. The second-order valence-electron chi connectivity index (χ2n) is 4.36. The first-order valence-electron chi connectivity index (χ1n) is 5.72. The molecule has 2 N–H and O–H groups in total. The molecule has 0 aromatic carbocycles. The van der Waals surface area contributed by atoms with Gasteiger partial charge in [-0.1, -0.05) is 12.8 Å². The minimum absolute atomic E-state index is 0.0330. The third-order valence-corrected chi connectivity index (χ3v) is 5.15. The minimum Gasteiger partial charge on any atom is -0.396 e. The fraction of sp³-hybridized carbons (Fsp3) is 0.545. The highest BCUT2D eigenvalue weighted by atomic mass is 32.2. The van der Waals surface area contributed by atoms with E-state index in [1.165, 1.54) is 10.5 Å². The van der Waals surface area contributed by atoms with Crippen molar-refractivity contribution in [3.05, 3.63) is 18.3 Å². The lowest BCUT2D eigenvalue weighted by atomic mass is 10.3. The molecule has 0 unspecified atom stereocenters. The largest absolute Gasteiger partial charge is 0.396 e. The van der Waals surface area contributed by atoms with E-state index in [1.54, 1.807) is 19.2 Å². The van der Waals surface area contributed by atoms with E-state index in [9.17, 15) is 8.42 Å². The fourth-order valence-electron chi connectivity index (χ4n) is 2.22. The van der Waals surface area contributed by atoms with Gasteiger partial charge in [0, 0.05) is 19.3 Å². The third kappa shape index (κ3) is 2.28. The maximum absolute atomic E-state index is 12.3. The van der Waals surface area contributed by atoms with Crippen molar-refractivity contribution < 1.29 is 8.42 Å². The molecule has 1 heterocycles. The first-order chi connectivity index (χ1) is 8.03. The van der Waals surface area contributed by atoms with Crippen molar-refractivity contribution >= 4 is 15.7 Å². The van der Waals surface area contributed by atoms with Gasteiger partial charge in [0.2, 0.25) is 0 Å². The molecule has 17 heavy (non-hydrogen) atoms. The van der Waals surface area contributed by atoms with Crippen molar-refractivity contribution in [3.8, 4) is 0 Å². The lowest BCUT2D eigenvalue weighted by Crippen LogP contribution is -2.36. The summed E-state index contributed by atoms with van der Waals surface area (Å²) in [6.07, 6.45) is 5.46. The maximum atomic E-state index is 12.3. The molecular formula is C11H17N3O2S. The lowest BCUT2D eigenvalue weighted by Gasteiger charge is -2.23. The van der Waals surface area contributed by atoms with Gasteiger partial charge in [-0.05, 0) is 25.0 Å². The van der Waals surface area contributed by atoms with Crippen LogP contribution in [0.15, 0.2) is 23.4 Å². The summed E-state index contributed by atoms with van der Waals surface area (Å²) in [5.74, 6) is 0. The number of nitrogens with two attached hydrogens (primary N) is 1. The Morgan fingerprint density at radius 2 is 2.06 bits per heavy atom. The van der Waals surface area contributed by atoms with Crippen LogP contribution in [0.25, 0.3) is 0 Å². The van der Waals surface area contributed by atoms with Crippen molar-refractivity contribution in [2.24, 2.45) is 0 Å². The number of nitrogen functional groups attached to an aromatic ring is 1. The van der Waals surface area contributed by atoms with Crippen LogP contribution in [0.5, 0.6) is 0 Å². The van der Waals surface area contributed by atoms with Crippen LogP contribution >= 0.6 is 0 Å². The summed E-state index contributed by atoms with van der Waals surface area (Å²) >= 11 is 0. The molecule has 1 aliphatic rings. The number of anilines is 1. The molecule has 6 heteroatoms. The van der Waals surface area contributed by atoms with Crippen molar-refractivity contribution in [1.82, 2.24) is 9.29 Å². The lowest BCUT2D eigenvalue weighted by molar-refractivity contribution is 0.372. The Hall–Kier alpha value is -1.14. The number of aromatic nitrogens is 1. The molecule has 1 saturated carbocycles. The van der Waals surface area contributed by atoms with Crippen molar-refractivity contribution in [1.29, 1.82) is 0 Å². The summed E-state index contributed by atoms with van der Waals surface area (Å²) in [5.41, 5.74) is 5.88. The Bertz CT molecular complexity index is 495. The van der Waals surface area contributed by atoms with Gasteiger partial charge in [0.05, 0.1) is 5.69 Å². The van der Waals surface area contributed by atoms with Crippen LogP contribution in [-0.4, -0.2) is 30.8 Å². The van der Waals surface area contributed by atoms with E-state index in [2.05, 4.69) is 4.98 Å². The smallest absolute Gasteiger partial charge is 0.262 e. The topological polar surface area (TPSA) is 76.3 Å². The number of rotatable bonds is 3. The quantitative estimate of drug-likeness (QED) is 0.881. The molecule has 0 amide bonds. The van der Waals surface area contributed by atoms with Gasteiger partial charge in [0.1, 0.15) is 0 Å². The van der Waals surface area contributed by atoms with E-state index < -0.39 is 10.0 Å². The van der Waals surface area contributed by atoms with Gasteiger partial charge in [-0.15, -0.1) is 0 Å². The van der Waals surface area contributed by atoms with Crippen LogP contribution in [0.4, 0.5) is 5.69 Å². The third-order valence-electron chi connectivity index (χ3n) is 3.26. The highest BCUT2D eigenvalue weighted by molar-refractivity contribution is 7.89. The standard InChI is InChI=1S/C11H17N3O2S/c1-14(9-5-2-3-6-9)17(15,16)11-10(12)7-4-8-13-11/h4,7-9H,2-3,5-6,12H2,1H3. The summed E-state index contributed by atoms with van der Waals surface area (Å²) in [6, 6.07) is 3.27. The van der Waals surface area contributed by atoms with E-state index in [0.29, 0.717) is 0 Å². The van der Waals surface area contributed by atoms with Gasteiger partial charge in [0.25, 0.3) is 10.0 Å². The highest BCUT2D eigenvalue weighted by Gasteiger charge is 2.31. The van der Waals surface area contributed by atoms with Crippen LogP contribution in [-0.2, 0) is 10.0 Å². The molecule has 0 atom stereocenters. The number of nitrogens with zero attached hydrogens (tertiary/aromatic N) is 2. The van der Waals surface area contributed by atoms with E-state index in [4.69, 9.17) is 5.73 Å². The van der Waals surface area contributed by atoms with E-state index >= 15 is 0 Å².